The van der Waals surface area contributed by atoms with Crippen molar-refractivity contribution in [2.75, 3.05) is 19.6 Å². The minimum Gasteiger partial charge on any atom is -0.361 e. The number of carbonyl (C=O) groups excluding carboxylic acids is 3. The molecule has 0 spiro atoms. The Morgan fingerprint density at radius 2 is 1.93 bits per heavy atom. The largest absolute Gasteiger partial charge is 0.361 e. The molecular weight excluding hydrogens is 384 g/mol. The number of aromatic nitrogens is 1. The fraction of sp³-hybridized carbons (Fsp3) is 0.227. The number of H-pyrrole nitrogens is 1. The second kappa shape index (κ2) is 8.14. The molecule has 2 aromatic carbocycles. The molecule has 2 radical (unpaired) electrons. The van der Waals surface area contributed by atoms with Crippen molar-refractivity contribution in [3.63, 3.8) is 0 Å². The van der Waals surface area contributed by atoms with E-state index in [1.54, 1.807) is 24.3 Å². The van der Waals surface area contributed by atoms with E-state index in [4.69, 9.17) is 7.85 Å². The van der Waals surface area contributed by atoms with Crippen LogP contribution in [0.1, 0.15) is 27.1 Å². The molecule has 0 saturated carbocycles. The first-order valence-electron chi connectivity index (χ1n) is 9.67. The first-order chi connectivity index (χ1) is 14.5. The molecule has 8 heteroatoms. The number of nitrogens with zero attached hydrogens (tertiary/aromatic N) is 1. The maximum absolute atomic E-state index is 14.2. The molecule has 2 amide bonds. The number of hydrogen-bond acceptors (Lipinski definition) is 3. The topological polar surface area (TPSA) is 82.3 Å². The average Bonchev–Trinajstić information content (AvgIpc) is 3.42. The second-order valence-electron chi connectivity index (χ2n) is 7.40. The number of benzene rings is 2. The highest BCUT2D eigenvalue weighted by Crippen LogP contribution is 2.23. The lowest BCUT2D eigenvalue weighted by atomic mass is 9.92. The quantitative estimate of drug-likeness (QED) is 0.386. The van der Waals surface area contributed by atoms with Gasteiger partial charge in [-0.3, -0.25) is 14.4 Å². The highest BCUT2D eigenvalue weighted by molar-refractivity contribution is 6.46. The molecule has 6 nitrogen and oxygen atoms in total. The monoisotopic (exact) mass is 403 g/mol. The number of amides is 2. The van der Waals surface area contributed by atoms with E-state index < -0.39 is 17.5 Å². The summed E-state index contributed by atoms with van der Waals surface area (Å²) < 4.78 is 14.2. The minimum absolute atomic E-state index is 0.0271. The molecule has 2 heterocycles. The van der Waals surface area contributed by atoms with Crippen molar-refractivity contribution in [1.29, 1.82) is 0 Å². The van der Waals surface area contributed by atoms with Gasteiger partial charge in [0.1, 0.15) is 13.7 Å². The van der Waals surface area contributed by atoms with Gasteiger partial charge in [0, 0.05) is 42.3 Å². The normalized spacial score (nSPS) is 16.0. The van der Waals surface area contributed by atoms with Crippen molar-refractivity contribution in [2.24, 2.45) is 5.92 Å². The van der Waals surface area contributed by atoms with Gasteiger partial charge < -0.3 is 15.2 Å². The van der Waals surface area contributed by atoms with Crippen LogP contribution in [0.25, 0.3) is 10.9 Å². The Kier molecular flexibility index (Phi) is 5.39. The van der Waals surface area contributed by atoms with Crippen LogP contribution in [-0.4, -0.2) is 55.0 Å². The van der Waals surface area contributed by atoms with Crippen molar-refractivity contribution in [2.45, 2.75) is 6.42 Å². The molecule has 2 N–H and O–H groups in total. The first kappa shape index (κ1) is 19.9. The molecule has 150 valence electrons. The Morgan fingerprint density at radius 1 is 1.17 bits per heavy atom. The Morgan fingerprint density at radius 3 is 2.70 bits per heavy atom. The van der Waals surface area contributed by atoms with Crippen LogP contribution in [0.2, 0.25) is 0 Å². The number of fused-ring (bicyclic) bond motifs is 1. The predicted octanol–water partition coefficient (Wildman–Crippen LogP) is 1.56. The molecule has 1 aliphatic rings. The Balaban J connectivity index is 1.40. The molecular formula is C22H19BFN3O3. The molecule has 1 aromatic heterocycles. The number of halogens is 1. The van der Waals surface area contributed by atoms with Crippen molar-refractivity contribution < 1.29 is 18.8 Å². The summed E-state index contributed by atoms with van der Waals surface area (Å²) >= 11 is 0. The standard InChI is InChI=1S/C22H19BFN3O3/c23-16-6-7-17(24)18-15(11-25-19(16)18)20(28)22(30)27-9-8-13(12-27)10-26-21(29)14-4-2-1-3-5-14/h1-7,11,13,25H,8-10,12H2,(H,26,29)/t13-/m1/s1. The zero-order valence-corrected chi connectivity index (χ0v) is 16.2. The predicted molar refractivity (Wildman–Crippen MR) is 111 cm³/mol. The van der Waals surface area contributed by atoms with Crippen LogP contribution in [0.3, 0.4) is 0 Å². The molecule has 4 rings (SSSR count). The molecule has 1 fully saturated rings. The van der Waals surface area contributed by atoms with Crippen LogP contribution in [-0.2, 0) is 4.79 Å². The molecule has 1 aliphatic heterocycles. The molecule has 3 aromatic rings. The molecule has 30 heavy (non-hydrogen) atoms. The lowest BCUT2D eigenvalue weighted by Crippen LogP contribution is -2.36. The van der Waals surface area contributed by atoms with Gasteiger partial charge in [-0.1, -0.05) is 29.7 Å². The number of ketones is 1. The fourth-order valence-corrected chi connectivity index (χ4v) is 3.78. The second-order valence-corrected chi connectivity index (χ2v) is 7.40. The van der Waals surface area contributed by atoms with Gasteiger partial charge in [-0.2, -0.15) is 0 Å². The van der Waals surface area contributed by atoms with Crippen molar-refractivity contribution >= 4 is 41.8 Å². The third-order valence-corrected chi connectivity index (χ3v) is 5.42. The molecule has 0 aliphatic carbocycles. The van der Waals surface area contributed by atoms with Gasteiger partial charge >= 0.3 is 0 Å². The van der Waals surface area contributed by atoms with Gasteiger partial charge in [-0.05, 0) is 30.5 Å². The number of Topliss-reactive ketones (excluding diaryl/α,β-unsaturated/α-hetero) is 1. The summed E-state index contributed by atoms with van der Waals surface area (Å²) in [5, 5.41) is 2.89. The zero-order valence-electron chi connectivity index (χ0n) is 16.2. The summed E-state index contributed by atoms with van der Waals surface area (Å²) in [4.78, 5) is 41.8. The lowest BCUT2D eigenvalue weighted by Gasteiger charge is -2.16. The smallest absolute Gasteiger partial charge is 0.295 e. The van der Waals surface area contributed by atoms with Crippen LogP contribution >= 0.6 is 0 Å². The van der Waals surface area contributed by atoms with Gasteiger partial charge in [-0.15, -0.1) is 0 Å². The van der Waals surface area contributed by atoms with E-state index in [1.165, 1.54) is 23.2 Å². The number of rotatable bonds is 5. The fourth-order valence-electron chi connectivity index (χ4n) is 3.78. The SMILES string of the molecule is [B]c1ccc(F)c2c(C(=O)C(=O)N3CC[C@H](CNC(=O)c4ccccc4)C3)c[nH]c12. The Hall–Kier alpha value is -3.42. The third-order valence-electron chi connectivity index (χ3n) is 5.42. The summed E-state index contributed by atoms with van der Waals surface area (Å²) in [6.07, 6.45) is 1.99. The van der Waals surface area contributed by atoms with E-state index >= 15 is 0 Å². The summed E-state index contributed by atoms with van der Waals surface area (Å²) in [5.41, 5.74) is 1.14. The molecule has 1 saturated heterocycles. The van der Waals surface area contributed by atoms with Crippen LogP contribution in [0, 0.1) is 11.7 Å². The summed E-state index contributed by atoms with van der Waals surface area (Å²) in [6.45, 7) is 1.17. The maximum Gasteiger partial charge on any atom is 0.295 e. The van der Waals surface area contributed by atoms with E-state index in [0.29, 0.717) is 42.6 Å². The number of likely N-dealkylation sites (tertiary alicyclic amines) is 1. The zero-order chi connectivity index (χ0) is 21.3. The third kappa shape index (κ3) is 3.73. The van der Waals surface area contributed by atoms with Gasteiger partial charge in [0.05, 0.1) is 5.56 Å². The average molecular weight is 403 g/mol. The molecule has 0 unspecified atom stereocenters. The van der Waals surface area contributed by atoms with Crippen molar-refractivity contribution in [3.8, 4) is 0 Å². The highest BCUT2D eigenvalue weighted by atomic mass is 19.1. The number of aromatic amines is 1. The minimum atomic E-state index is -0.778. The van der Waals surface area contributed by atoms with Crippen molar-refractivity contribution in [1.82, 2.24) is 15.2 Å². The van der Waals surface area contributed by atoms with Gasteiger partial charge in [0.2, 0.25) is 0 Å². The first-order valence-corrected chi connectivity index (χ1v) is 9.67. The van der Waals surface area contributed by atoms with E-state index in [1.807, 2.05) is 6.07 Å². The maximum atomic E-state index is 14.2. The highest BCUT2D eigenvalue weighted by Gasteiger charge is 2.32. The number of carbonyl (C=O) groups is 3. The number of nitrogens with one attached hydrogen (secondary N) is 2. The summed E-state index contributed by atoms with van der Waals surface area (Å²) in [6, 6.07) is 11.4. The van der Waals surface area contributed by atoms with Crippen LogP contribution in [0.4, 0.5) is 4.39 Å². The summed E-state index contributed by atoms with van der Waals surface area (Å²) in [7, 11) is 5.82. The van der Waals surface area contributed by atoms with E-state index in [2.05, 4.69) is 10.3 Å². The van der Waals surface area contributed by atoms with Crippen LogP contribution in [0.15, 0.2) is 48.7 Å². The van der Waals surface area contributed by atoms with E-state index in [9.17, 15) is 18.8 Å². The van der Waals surface area contributed by atoms with Gasteiger partial charge in [-0.25, -0.2) is 4.39 Å². The summed E-state index contributed by atoms with van der Waals surface area (Å²) in [5.74, 6) is -2.21. The van der Waals surface area contributed by atoms with Gasteiger partial charge in [0.25, 0.3) is 17.6 Å². The van der Waals surface area contributed by atoms with E-state index in [-0.39, 0.29) is 22.8 Å². The van der Waals surface area contributed by atoms with Gasteiger partial charge in [0.15, 0.2) is 0 Å². The Bertz CT molecular complexity index is 1130. The van der Waals surface area contributed by atoms with Crippen LogP contribution < -0.4 is 10.8 Å². The number of hydrogen-bond donors (Lipinski definition) is 2. The van der Waals surface area contributed by atoms with Crippen molar-refractivity contribution in [3.05, 3.63) is 65.6 Å². The van der Waals surface area contributed by atoms with E-state index in [0.717, 1.165) is 0 Å². The Labute approximate surface area is 173 Å². The van der Waals surface area contributed by atoms with Crippen LogP contribution in [0.5, 0.6) is 0 Å². The molecule has 0 bridgehead atoms. The molecule has 1 atom stereocenters. The lowest BCUT2D eigenvalue weighted by molar-refractivity contribution is -0.125.